The predicted molar refractivity (Wildman–Crippen MR) is 145 cm³/mol. The van der Waals surface area contributed by atoms with Crippen molar-refractivity contribution in [3.63, 3.8) is 0 Å². The summed E-state index contributed by atoms with van der Waals surface area (Å²) in [5.41, 5.74) is -3.11. The van der Waals surface area contributed by atoms with Crippen molar-refractivity contribution in [3.05, 3.63) is 47.8 Å². The van der Waals surface area contributed by atoms with Crippen molar-refractivity contribution in [2.75, 3.05) is 22.9 Å². The Morgan fingerprint density at radius 2 is 1.82 bits per heavy atom. The van der Waals surface area contributed by atoms with Crippen molar-refractivity contribution in [1.29, 1.82) is 5.26 Å². The Hall–Kier alpha value is -3.46. The number of carbonyl (C=O) groups is 2. The molecule has 0 bridgehead atoms. The van der Waals surface area contributed by atoms with Gasteiger partial charge in [0.05, 0.1) is 17.4 Å². The van der Waals surface area contributed by atoms with E-state index < -0.39 is 28.5 Å². The third kappa shape index (κ3) is 4.85. The maximum absolute atomic E-state index is 13.7. The Balaban J connectivity index is 1.34. The van der Waals surface area contributed by atoms with Gasteiger partial charge in [0.1, 0.15) is 23.5 Å². The van der Waals surface area contributed by atoms with E-state index in [1.807, 2.05) is 47.9 Å². The van der Waals surface area contributed by atoms with Crippen LogP contribution >= 0.6 is 12.6 Å². The van der Waals surface area contributed by atoms with Crippen molar-refractivity contribution < 1.29 is 27.5 Å². The van der Waals surface area contributed by atoms with E-state index in [1.165, 1.54) is 11.0 Å². The summed E-state index contributed by atoms with van der Waals surface area (Å²) >= 11 is 4.69. The van der Waals surface area contributed by atoms with Crippen molar-refractivity contribution in [3.8, 4) is 11.8 Å². The van der Waals surface area contributed by atoms with Gasteiger partial charge in [0, 0.05) is 37.5 Å². The summed E-state index contributed by atoms with van der Waals surface area (Å²) in [6, 6.07) is 9.53. The number of nitriles is 1. The predicted octanol–water partition coefficient (Wildman–Crippen LogP) is 4.99. The fourth-order valence-corrected chi connectivity index (χ4v) is 6.29. The van der Waals surface area contributed by atoms with Crippen LogP contribution in [-0.2, 0) is 15.8 Å². The third-order valence-electron chi connectivity index (χ3n) is 7.95. The maximum Gasteiger partial charge on any atom is 0.419 e. The number of pyridine rings is 1. The molecule has 3 fully saturated rings. The summed E-state index contributed by atoms with van der Waals surface area (Å²) in [7, 11) is 0. The second-order valence-corrected chi connectivity index (χ2v) is 11.2. The van der Waals surface area contributed by atoms with Crippen LogP contribution in [0.15, 0.2) is 36.5 Å². The Morgan fingerprint density at radius 1 is 1.18 bits per heavy atom. The zero-order valence-electron chi connectivity index (χ0n) is 22.2. The number of benzene rings is 1. The van der Waals surface area contributed by atoms with Gasteiger partial charge < -0.3 is 14.5 Å². The number of likely N-dealkylation sites (tertiary alicyclic amines) is 1. The van der Waals surface area contributed by atoms with E-state index in [0.717, 1.165) is 31.5 Å². The average molecular weight is 574 g/mol. The largest absolute Gasteiger partial charge is 0.490 e. The molecule has 1 unspecified atom stereocenters. The molecule has 1 aromatic heterocycles. The Kier molecular flexibility index (Phi) is 7.37. The van der Waals surface area contributed by atoms with Crippen LogP contribution < -0.4 is 14.5 Å². The fraction of sp³-hybridized carbons (Fsp3) is 0.500. The number of ether oxygens (including phenoxy) is 1. The lowest BCUT2D eigenvalue weighted by atomic mass is 9.75. The van der Waals surface area contributed by atoms with Gasteiger partial charge in [-0.1, -0.05) is 13.8 Å². The van der Waals surface area contributed by atoms with Gasteiger partial charge in [0.2, 0.25) is 5.91 Å². The first-order valence-electron chi connectivity index (χ1n) is 13.3. The number of hydrogen-bond donors (Lipinski definition) is 1. The second-order valence-electron chi connectivity index (χ2n) is 10.8. The van der Waals surface area contributed by atoms with E-state index in [1.54, 1.807) is 0 Å². The van der Waals surface area contributed by atoms with Gasteiger partial charge in [-0.3, -0.25) is 14.5 Å². The number of alkyl halides is 3. The van der Waals surface area contributed by atoms with Crippen LogP contribution in [0.4, 0.5) is 24.5 Å². The molecule has 3 heterocycles. The molecule has 2 aromatic rings. The number of carbonyl (C=O) groups excluding carboxylic acids is 2. The minimum Gasteiger partial charge on any atom is -0.490 e. The summed E-state index contributed by atoms with van der Waals surface area (Å²) in [6.07, 6.45) is -0.355. The van der Waals surface area contributed by atoms with Gasteiger partial charge in [0.15, 0.2) is 11.2 Å². The molecule has 0 N–H and O–H groups in total. The SMILES string of the molecule is CC(C)C(=O)N1CCC(Oc2ccc(N3C(S)N(c4cnc(C#N)c(C(F)(F)F)c4)C(=O)C34CCC4)cc2)CC1. The lowest BCUT2D eigenvalue weighted by Crippen LogP contribution is -2.55. The summed E-state index contributed by atoms with van der Waals surface area (Å²) in [5.74, 6) is 0.424. The molecule has 212 valence electrons. The number of nitrogens with zero attached hydrogens (tertiary/aromatic N) is 5. The van der Waals surface area contributed by atoms with E-state index in [0.29, 0.717) is 37.4 Å². The normalized spacial score (nSPS) is 21.1. The molecule has 1 spiro atoms. The first-order valence-corrected chi connectivity index (χ1v) is 13.8. The maximum atomic E-state index is 13.7. The molecule has 1 aliphatic carbocycles. The number of anilines is 2. The van der Waals surface area contributed by atoms with Gasteiger partial charge in [-0.15, -0.1) is 12.6 Å². The molecule has 12 heteroatoms. The highest BCUT2D eigenvalue weighted by molar-refractivity contribution is 7.81. The lowest BCUT2D eigenvalue weighted by Gasteiger charge is -2.44. The zero-order chi connectivity index (χ0) is 28.8. The molecule has 40 heavy (non-hydrogen) atoms. The molecule has 3 aliphatic rings. The summed E-state index contributed by atoms with van der Waals surface area (Å²) in [4.78, 5) is 34.5. The van der Waals surface area contributed by atoms with E-state index >= 15 is 0 Å². The Bertz CT molecular complexity index is 1330. The molecule has 8 nitrogen and oxygen atoms in total. The number of aromatic nitrogens is 1. The number of piperidine rings is 1. The van der Waals surface area contributed by atoms with Crippen LogP contribution in [0, 0.1) is 17.2 Å². The van der Waals surface area contributed by atoms with Crippen LogP contribution in [0.5, 0.6) is 5.75 Å². The zero-order valence-corrected chi connectivity index (χ0v) is 23.1. The van der Waals surface area contributed by atoms with Gasteiger partial charge in [0.25, 0.3) is 5.91 Å². The highest BCUT2D eigenvalue weighted by atomic mass is 32.1. The number of thiol groups is 1. The van der Waals surface area contributed by atoms with E-state index in [4.69, 9.17) is 10.00 Å². The molecular weight excluding hydrogens is 543 g/mol. The Morgan fingerprint density at radius 3 is 2.35 bits per heavy atom. The summed E-state index contributed by atoms with van der Waals surface area (Å²) in [6.45, 7) is 5.08. The topological polar surface area (TPSA) is 89.8 Å². The second kappa shape index (κ2) is 10.5. The first kappa shape index (κ1) is 28.1. The van der Waals surface area contributed by atoms with Crippen LogP contribution in [-0.4, -0.2) is 51.9 Å². The minimum atomic E-state index is -4.80. The molecule has 1 aromatic carbocycles. The molecule has 5 rings (SSSR count). The molecule has 1 saturated carbocycles. The van der Waals surface area contributed by atoms with Gasteiger partial charge >= 0.3 is 6.18 Å². The number of halogens is 3. The lowest BCUT2D eigenvalue weighted by molar-refractivity contribution is -0.138. The number of amides is 2. The van der Waals surface area contributed by atoms with E-state index in [2.05, 4.69) is 17.6 Å². The summed E-state index contributed by atoms with van der Waals surface area (Å²) < 4.78 is 47.0. The van der Waals surface area contributed by atoms with Crippen LogP contribution in [0.1, 0.15) is 57.2 Å². The minimum absolute atomic E-state index is 0.0202. The molecule has 2 amide bonds. The van der Waals surface area contributed by atoms with E-state index in [9.17, 15) is 22.8 Å². The van der Waals surface area contributed by atoms with Gasteiger partial charge in [-0.25, -0.2) is 4.98 Å². The van der Waals surface area contributed by atoms with Gasteiger partial charge in [-0.2, -0.15) is 18.4 Å². The summed E-state index contributed by atoms with van der Waals surface area (Å²) in [5, 5.41) is 9.10. The highest BCUT2D eigenvalue weighted by Crippen LogP contribution is 2.50. The van der Waals surface area contributed by atoms with Gasteiger partial charge in [-0.05, 0) is 49.6 Å². The fourth-order valence-electron chi connectivity index (χ4n) is 5.69. The van der Waals surface area contributed by atoms with Crippen molar-refractivity contribution in [2.24, 2.45) is 5.92 Å². The van der Waals surface area contributed by atoms with Crippen molar-refractivity contribution >= 4 is 35.8 Å². The Labute approximate surface area is 236 Å². The number of hydrogen-bond acceptors (Lipinski definition) is 7. The van der Waals surface area contributed by atoms with Crippen LogP contribution in [0.2, 0.25) is 0 Å². The molecule has 1 atom stereocenters. The van der Waals surface area contributed by atoms with Crippen LogP contribution in [0.3, 0.4) is 0 Å². The molecule has 2 saturated heterocycles. The first-order chi connectivity index (χ1) is 19.0. The number of rotatable bonds is 5. The van der Waals surface area contributed by atoms with E-state index in [-0.39, 0.29) is 29.5 Å². The standard InChI is InChI=1S/C28H30F3N5O3S/c1-17(2)24(37)34-12-8-21(9-13-34)39-20-6-4-18(5-7-20)36-26(40)35(25(38)27(36)10-3-11-27)19-14-22(28(29,30)31)23(15-32)33-16-19/h4-7,14,16-17,21,26,40H,3,8-13H2,1-2H3. The van der Waals surface area contributed by atoms with Crippen LogP contribution in [0.25, 0.3) is 0 Å². The third-order valence-corrected chi connectivity index (χ3v) is 8.41. The highest BCUT2D eigenvalue weighted by Gasteiger charge is 2.60. The smallest absolute Gasteiger partial charge is 0.419 e. The molecular formula is C28H30F3N5O3S. The van der Waals surface area contributed by atoms with Crippen molar-refractivity contribution in [2.45, 2.75) is 69.3 Å². The molecule has 0 radical (unpaired) electrons. The molecule has 2 aliphatic heterocycles. The monoisotopic (exact) mass is 573 g/mol. The van der Waals surface area contributed by atoms with Crippen molar-refractivity contribution in [1.82, 2.24) is 9.88 Å². The average Bonchev–Trinajstić information content (AvgIpc) is 3.14. The quantitative estimate of drug-likeness (QED) is 0.508.